The van der Waals surface area contributed by atoms with Gasteiger partial charge < -0.3 is 10.1 Å². The Labute approximate surface area is 115 Å². The van der Waals surface area contributed by atoms with Gasteiger partial charge in [-0.15, -0.1) is 0 Å². The monoisotopic (exact) mass is 316 g/mol. The summed E-state index contributed by atoms with van der Waals surface area (Å²) in [6.45, 7) is 2.72. The van der Waals surface area contributed by atoms with Crippen molar-refractivity contribution < 1.29 is 4.74 Å². The van der Waals surface area contributed by atoms with E-state index in [1.165, 1.54) is 0 Å². The predicted molar refractivity (Wildman–Crippen MR) is 76.7 cm³/mol. The summed E-state index contributed by atoms with van der Waals surface area (Å²) in [6.07, 6.45) is 8.04. The van der Waals surface area contributed by atoms with Crippen LogP contribution >= 0.6 is 27.7 Å². The summed E-state index contributed by atoms with van der Waals surface area (Å²) in [7, 11) is 0. The van der Waals surface area contributed by atoms with E-state index in [4.69, 9.17) is 4.74 Å². The Morgan fingerprint density at radius 3 is 2.94 bits per heavy atom. The van der Waals surface area contributed by atoms with Crippen molar-refractivity contribution in [3.05, 3.63) is 22.9 Å². The zero-order valence-corrected chi connectivity index (χ0v) is 12.3. The van der Waals surface area contributed by atoms with Crippen LogP contribution in [0, 0.1) is 0 Å². The van der Waals surface area contributed by atoms with Gasteiger partial charge in [-0.1, -0.05) is 0 Å². The molecule has 0 aliphatic carbocycles. The SMILES string of the molecule is CSC1(CNc2ccncc2Br)CCOCC1. The molecule has 2 heterocycles. The minimum Gasteiger partial charge on any atom is -0.383 e. The van der Waals surface area contributed by atoms with E-state index < -0.39 is 0 Å². The third-order valence-corrected chi connectivity index (χ3v) is 5.26. The zero-order chi connectivity index (χ0) is 12.1. The highest BCUT2D eigenvalue weighted by Gasteiger charge is 2.31. The Balaban J connectivity index is 1.98. The van der Waals surface area contributed by atoms with Crippen LogP contribution in [0.1, 0.15) is 12.8 Å². The molecule has 1 N–H and O–H groups in total. The number of hydrogen-bond donors (Lipinski definition) is 1. The normalized spacial score (nSPS) is 18.9. The fourth-order valence-electron chi connectivity index (χ4n) is 1.97. The van der Waals surface area contributed by atoms with Gasteiger partial charge in [0.05, 0.1) is 10.2 Å². The van der Waals surface area contributed by atoms with E-state index in [-0.39, 0.29) is 0 Å². The first kappa shape index (κ1) is 13.2. The molecule has 94 valence electrons. The maximum Gasteiger partial charge on any atom is 0.0590 e. The maximum absolute atomic E-state index is 5.44. The van der Waals surface area contributed by atoms with Crippen LogP contribution in [-0.4, -0.2) is 35.7 Å². The molecule has 1 fully saturated rings. The van der Waals surface area contributed by atoms with E-state index in [2.05, 4.69) is 32.5 Å². The molecule has 1 saturated heterocycles. The summed E-state index contributed by atoms with van der Waals surface area (Å²) in [4.78, 5) is 4.07. The van der Waals surface area contributed by atoms with Gasteiger partial charge in [0, 0.05) is 36.9 Å². The summed E-state index contributed by atoms with van der Waals surface area (Å²) >= 11 is 5.45. The lowest BCUT2D eigenvalue weighted by Crippen LogP contribution is -2.39. The minimum absolute atomic E-state index is 0.307. The van der Waals surface area contributed by atoms with Crippen LogP contribution in [0.5, 0.6) is 0 Å². The third kappa shape index (κ3) is 3.36. The van der Waals surface area contributed by atoms with E-state index in [0.29, 0.717) is 4.75 Å². The van der Waals surface area contributed by atoms with Gasteiger partial charge in [-0.3, -0.25) is 4.98 Å². The highest BCUT2D eigenvalue weighted by molar-refractivity contribution is 9.10. The molecule has 0 radical (unpaired) electrons. The third-order valence-electron chi connectivity index (χ3n) is 3.21. The van der Waals surface area contributed by atoms with Gasteiger partial charge in [0.2, 0.25) is 0 Å². The molecule has 0 saturated carbocycles. The molecule has 2 rings (SSSR count). The fourth-order valence-corrected chi connectivity index (χ4v) is 3.15. The average molecular weight is 317 g/mol. The van der Waals surface area contributed by atoms with Crippen LogP contribution in [0.15, 0.2) is 22.9 Å². The Morgan fingerprint density at radius 2 is 2.29 bits per heavy atom. The number of thioether (sulfide) groups is 1. The molecule has 0 unspecified atom stereocenters. The standard InChI is InChI=1S/C12H17BrN2OS/c1-17-12(3-6-16-7-4-12)9-15-11-2-5-14-8-10(11)13/h2,5,8H,3-4,6-7,9H2,1H3,(H,14,15). The van der Waals surface area contributed by atoms with Crippen molar-refractivity contribution in [1.29, 1.82) is 0 Å². The summed E-state index contributed by atoms with van der Waals surface area (Å²) in [5, 5.41) is 3.51. The van der Waals surface area contributed by atoms with Gasteiger partial charge in [0.1, 0.15) is 0 Å². The molecular weight excluding hydrogens is 300 g/mol. The molecule has 3 nitrogen and oxygen atoms in total. The van der Waals surface area contributed by atoms with Gasteiger partial charge in [-0.05, 0) is 41.1 Å². The zero-order valence-electron chi connectivity index (χ0n) is 9.91. The van der Waals surface area contributed by atoms with Crippen molar-refractivity contribution in [2.75, 3.05) is 31.3 Å². The second kappa shape index (κ2) is 6.07. The first-order valence-corrected chi connectivity index (χ1v) is 7.74. The lowest BCUT2D eigenvalue weighted by Gasteiger charge is -2.36. The topological polar surface area (TPSA) is 34.2 Å². The van der Waals surface area contributed by atoms with Crippen molar-refractivity contribution >= 4 is 33.4 Å². The number of ether oxygens (including phenoxy) is 1. The van der Waals surface area contributed by atoms with E-state index in [1.807, 2.05) is 30.2 Å². The van der Waals surface area contributed by atoms with Gasteiger partial charge in [0.15, 0.2) is 0 Å². The van der Waals surface area contributed by atoms with Crippen LogP contribution in [0.2, 0.25) is 0 Å². The molecule has 1 aromatic heterocycles. The van der Waals surface area contributed by atoms with Gasteiger partial charge in [-0.25, -0.2) is 0 Å². The Bertz CT molecular complexity index is 369. The van der Waals surface area contributed by atoms with Crippen molar-refractivity contribution in [2.45, 2.75) is 17.6 Å². The highest BCUT2D eigenvalue weighted by atomic mass is 79.9. The molecule has 0 spiro atoms. The highest BCUT2D eigenvalue weighted by Crippen LogP contribution is 2.34. The number of nitrogens with one attached hydrogen (secondary N) is 1. The van der Waals surface area contributed by atoms with E-state index in [9.17, 15) is 0 Å². The van der Waals surface area contributed by atoms with Crippen molar-refractivity contribution in [3.8, 4) is 0 Å². The maximum atomic E-state index is 5.44. The van der Waals surface area contributed by atoms with Gasteiger partial charge in [0.25, 0.3) is 0 Å². The number of aromatic nitrogens is 1. The summed E-state index contributed by atoms with van der Waals surface area (Å²) in [5.74, 6) is 0. The molecule has 0 amide bonds. The lowest BCUT2D eigenvalue weighted by atomic mass is 9.99. The molecule has 1 aliphatic rings. The Hall–Kier alpha value is -0.260. The molecule has 0 aromatic carbocycles. The molecule has 5 heteroatoms. The van der Waals surface area contributed by atoms with E-state index in [1.54, 1.807) is 0 Å². The first-order valence-electron chi connectivity index (χ1n) is 5.72. The second-order valence-electron chi connectivity index (χ2n) is 4.21. The number of hydrogen-bond acceptors (Lipinski definition) is 4. The number of nitrogens with zero attached hydrogens (tertiary/aromatic N) is 1. The summed E-state index contributed by atoms with van der Waals surface area (Å²) in [6, 6.07) is 2.00. The quantitative estimate of drug-likeness (QED) is 0.925. The first-order chi connectivity index (χ1) is 8.26. The molecule has 17 heavy (non-hydrogen) atoms. The molecule has 0 atom stereocenters. The van der Waals surface area contributed by atoms with Crippen LogP contribution < -0.4 is 5.32 Å². The predicted octanol–water partition coefficient (Wildman–Crippen LogP) is 3.17. The van der Waals surface area contributed by atoms with E-state index in [0.717, 1.165) is 42.8 Å². The average Bonchev–Trinajstić information content (AvgIpc) is 2.39. The van der Waals surface area contributed by atoms with Crippen LogP contribution in [-0.2, 0) is 4.74 Å². The Kier molecular flexibility index (Phi) is 4.70. The minimum atomic E-state index is 0.307. The molecule has 0 bridgehead atoms. The largest absolute Gasteiger partial charge is 0.383 e. The van der Waals surface area contributed by atoms with Gasteiger partial charge >= 0.3 is 0 Å². The number of halogens is 1. The molecule has 1 aliphatic heterocycles. The summed E-state index contributed by atoms with van der Waals surface area (Å²) in [5.41, 5.74) is 1.11. The smallest absolute Gasteiger partial charge is 0.0590 e. The molecule has 1 aromatic rings. The number of anilines is 1. The molecular formula is C12H17BrN2OS. The fraction of sp³-hybridized carbons (Fsp3) is 0.583. The van der Waals surface area contributed by atoms with Gasteiger partial charge in [-0.2, -0.15) is 11.8 Å². The van der Waals surface area contributed by atoms with Crippen molar-refractivity contribution in [3.63, 3.8) is 0 Å². The van der Waals surface area contributed by atoms with Crippen LogP contribution in [0.4, 0.5) is 5.69 Å². The second-order valence-corrected chi connectivity index (χ2v) is 6.34. The number of rotatable bonds is 4. The van der Waals surface area contributed by atoms with Crippen LogP contribution in [0.3, 0.4) is 0 Å². The lowest BCUT2D eigenvalue weighted by molar-refractivity contribution is 0.0802. The van der Waals surface area contributed by atoms with Crippen molar-refractivity contribution in [1.82, 2.24) is 4.98 Å². The van der Waals surface area contributed by atoms with Crippen molar-refractivity contribution in [2.24, 2.45) is 0 Å². The summed E-state index contributed by atoms with van der Waals surface area (Å²) < 4.78 is 6.77. The number of pyridine rings is 1. The Morgan fingerprint density at radius 1 is 1.53 bits per heavy atom. The van der Waals surface area contributed by atoms with E-state index >= 15 is 0 Å². The van der Waals surface area contributed by atoms with Crippen LogP contribution in [0.25, 0.3) is 0 Å².